The van der Waals surface area contributed by atoms with Gasteiger partial charge in [-0.1, -0.05) is 72.8 Å². The summed E-state index contributed by atoms with van der Waals surface area (Å²) in [6.45, 7) is 14.8. The zero-order chi connectivity index (χ0) is 36.6. The lowest BCUT2D eigenvalue weighted by Gasteiger charge is -2.39. The van der Waals surface area contributed by atoms with Crippen LogP contribution in [-0.2, 0) is 29.0 Å². The fraction of sp³-hybridized carbons (Fsp3) is 0.806. The summed E-state index contributed by atoms with van der Waals surface area (Å²) in [6.07, 6.45) is 11.1. The summed E-state index contributed by atoms with van der Waals surface area (Å²) in [6, 6.07) is -2.20. The molecule has 49 heavy (non-hydrogen) atoms. The summed E-state index contributed by atoms with van der Waals surface area (Å²) in [5.41, 5.74) is -1.75. The lowest BCUT2D eigenvalue weighted by Crippen LogP contribution is -2.62. The molecule has 2 aliphatic carbocycles. The van der Waals surface area contributed by atoms with Gasteiger partial charge in [-0.15, -0.1) is 6.58 Å². The van der Waals surface area contributed by atoms with Crippen molar-refractivity contribution in [3.8, 4) is 0 Å². The van der Waals surface area contributed by atoms with Crippen LogP contribution in [0.4, 0.5) is 4.79 Å². The molecule has 3 rings (SSSR count). The van der Waals surface area contributed by atoms with E-state index in [9.17, 15) is 32.4 Å². The maximum Gasteiger partial charge on any atom is 0.315 e. The standard InChI is InChI=1S/C36H61N5O7S/c1-8-9-20-37-31(44)29(43)27(22-25-13-14-25)38-28(42)15-19-35(5,6)26-16-21-41(23-26)32(45)30(34(2,3)4)39-33(46)40-36(24-49(7,47)48)17-11-10-12-18-36/h8,25-27,30H,1,9-24H2,2-7H3,(H,37,44)(H,38,42)(H2,39,40,46)/t26?,27?,30-/m1/s1. The maximum atomic E-state index is 13.9. The second-order valence-electron chi connectivity index (χ2n) is 16.6. The molecule has 3 atom stereocenters. The van der Waals surface area contributed by atoms with E-state index in [2.05, 4.69) is 41.7 Å². The second-order valence-corrected chi connectivity index (χ2v) is 18.7. The van der Waals surface area contributed by atoms with Crippen LogP contribution in [0.3, 0.4) is 0 Å². The lowest BCUT2D eigenvalue weighted by molar-refractivity contribution is -0.140. The Balaban J connectivity index is 1.58. The zero-order valence-electron chi connectivity index (χ0n) is 30.6. The van der Waals surface area contributed by atoms with Gasteiger partial charge in [-0.2, -0.15) is 0 Å². The number of carbonyl (C=O) groups is 5. The molecule has 4 N–H and O–H groups in total. The number of nitrogens with zero attached hydrogens (tertiary/aromatic N) is 1. The largest absolute Gasteiger partial charge is 0.349 e. The topological polar surface area (TPSA) is 171 Å². The van der Waals surface area contributed by atoms with Crippen LogP contribution in [0.2, 0.25) is 0 Å². The minimum atomic E-state index is -3.34. The number of rotatable bonds is 17. The maximum absolute atomic E-state index is 13.9. The van der Waals surface area contributed by atoms with Crippen LogP contribution in [0.5, 0.6) is 0 Å². The summed E-state index contributed by atoms with van der Waals surface area (Å²) in [5.74, 6) is -1.45. The van der Waals surface area contributed by atoms with Gasteiger partial charge < -0.3 is 26.2 Å². The van der Waals surface area contributed by atoms with Crippen molar-refractivity contribution in [2.75, 3.05) is 31.6 Å². The third-order valence-corrected chi connectivity index (χ3v) is 11.6. The molecule has 1 heterocycles. The van der Waals surface area contributed by atoms with Crippen LogP contribution in [0.1, 0.15) is 112 Å². The van der Waals surface area contributed by atoms with Gasteiger partial charge in [0, 0.05) is 32.3 Å². The molecule has 13 heteroatoms. The Morgan fingerprint density at radius 3 is 2.20 bits per heavy atom. The molecule has 2 unspecified atom stereocenters. The van der Waals surface area contributed by atoms with E-state index in [4.69, 9.17) is 0 Å². The van der Waals surface area contributed by atoms with Crippen molar-refractivity contribution in [3.05, 3.63) is 12.7 Å². The highest BCUT2D eigenvalue weighted by molar-refractivity contribution is 7.90. The third-order valence-electron chi connectivity index (χ3n) is 10.5. The second kappa shape index (κ2) is 16.8. The Bertz CT molecular complexity index is 1330. The molecular formula is C36H61N5O7S. The van der Waals surface area contributed by atoms with Crippen molar-refractivity contribution in [2.45, 2.75) is 129 Å². The Labute approximate surface area is 293 Å². The Kier molecular flexibility index (Phi) is 13.9. The highest BCUT2D eigenvalue weighted by atomic mass is 32.2. The molecule has 1 aliphatic heterocycles. The Hall–Kier alpha value is -2.96. The average molecular weight is 708 g/mol. The SMILES string of the molecule is C=CCCNC(=O)C(=O)C(CC1CC1)NC(=O)CCC(C)(C)C1CCN(C(=O)[C@@H](NC(=O)NC2(CS(C)(=O)=O)CCCCC2)C(C)(C)C)C1. The molecule has 12 nitrogen and oxygen atoms in total. The fourth-order valence-electron chi connectivity index (χ4n) is 7.23. The number of hydrogen-bond donors (Lipinski definition) is 4. The van der Waals surface area contributed by atoms with Gasteiger partial charge in [0.2, 0.25) is 17.6 Å². The zero-order valence-corrected chi connectivity index (χ0v) is 31.4. The van der Waals surface area contributed by atoms with Gasteiger partial charge in [-0.3, -0.25) is 19.2 Å². The lowest BCUT2D eigenvalue weighted by atomic mass is 9.75. The van der Waals surface area contributed by atoms with Crippen molar-refractivity contribution >= 4 is 39.4 Å². The van der Waals surface area contributed by atoms with Crippen LogP contribution in [0.25, 0.3) is 0 Å². The van der Waals surface area contributed by atoms with Crippen LogP contribution in [-0.4, -0.2) is 92.1 Å². The molecule has 0 aromatic rings. The minimum Gasteiger partial charge on any atom is -0.349 e. The van der Waals surface area contributed by atoms with E-state index in [1.165, 1.54) is 6.26 Å². The number of carbonyl (C=O) groups excluding carboxylic acids is 5. The Morgan fingerprint density at radius 1 is 0.980 bits per heavy atom. The van der Waals surface area contributed by atoms with Gasteiger partial charge >= 0.3 is 6.03 Å². The normalized spacial score (nSPS) is 20.9. The van der Waals surface area contributed by atoms with E-state index < -0.39 is 50.6 Å². The van der Waals surface area contributed by atoms with E-state index in [1.807, 2.05) is 20.8 Å². The van der Waals surface area contributed by atoms with E-state index in [1.54, 1.807) is 11.0 Å². The predicted octanol–water partition coefficient (Wildman–Crippen LogP) is 3.65. The molecular weight excluding hydrogens is 646 g/mol. The average Bonchev–Trinajstić information content (AvgIpc) is 3.66. The van der Waals surface area contributed by atoms with Gasteiger partial charge in [0.25, 0.3) is 5.91 Å². The number of urea groups is 1. The first-order valence-corrected chi connectivity index (χ1v) is 20.1. The molecule has 1 saturated heterocycles. The highest BCUT2D eigenvalue weighted by Crippen LogP contribution is 2.39. The van der Waals surface area contributed by atoms with Crippen molar-refractivity contribution in [1.29, 1.82) is 0 Å². The molecule has 3 aliphatic rings. The van der Waals surface area contributed by atoms with Gasteiger partial charge in [0.15, 0.2) is 0 Å². The first-order chi connectivity index (χ1) is 22.7. The molecule has 5 amide bonds. The van der Waals surface area contributed by atoms with Crippen LogP contribution in [0.15, 0.2) is 12.7 Å². The number of likely N-dealkylation sites (tertiary alicyclic amines) is 1. The van der Waals surface area contributed by atoms with Gasteiger partial charge in [-0.05, 0) is 61.2 Å². The van der Waals surface area contributed by atoms with Crippen molar-refractivity contribution in [2.24, 2.45) is 22.7 Å². The van der Waals surface area contributed by atoms with Crippen molar-refractivity contribution < 1.29 is 32.4 Å². The number of nitrogens with one attached hydrogen (secondary N) is 4. The highest BCUT2D eigenvalue weighted by Gasteiger charge is 2.43. The first kappa shape index (κ1) is 40.5. The number of amides is 5. The van der Waals surface area contributed by atoms with Crippen molar-refractivity contribution in [1.82, 2.24) is 26.2 Å². The molecule has 0 radical (unpaired) electrons. The van der Waals surface area contributed by atoms with Gasteiger partial charge in [-0.25, -0.2) is 13.2 Å². The quantitative estimate of drug-likeness (QED) is 0.102. The fourth-order valence-corrected chi connectivity index (χ4v) is 8.60. The van der Waals surface area contributed by atoms with E-state index in [0.29, 0.717) is 57.7 Å². The summed E-state index contributed by atoms with van der Waals surface area (Å²) >= 11 is 0. The van der Waals surface area contributed by atoms with E-state index in [0.717, 1.165) is 38.5 Å². The van der Waals surface area contributed by atoms with Gasteiger partial charge in [0.05, 0.1) is 17.3 Å². The van der Waals surface area contributed by atoms with Crippen LogP contribution in [0, 0.1) is 22.7 Å². The predicted molar refractivity (Wildman–Crippen MR) is 190 cm³/mol. The molecule has 3 fully saturated rings. The first-order valence-electron chi connectivity index (χ1n) is 18.0. The summed E-state index contributed by atoms with van der Waals surface area (Å²) in [4.78, 5) is 67.4. The number of ketones is 1. The Morgan fingerprint density at radius 2 is 1.63 bits per heavy atom. The monoisotopic (exact) mass is 707 g/mol. The van der Waals surface area contributed by atoms with Crippen molar-refractivity contribution in [3.63, 3.8) is 0 Å². The molecule has 0 aromatic carbocycles. The van der Waals surface area contributed by atoms with E-state index in [-0.39, 0.29) is 35.3 Å². The molecule has 0 bridgehead atoms. The molecule has 0 spiro atoms. The van der Waals surface area contributed by atoms with Crippen LogP contribution >= 0.6 is 0 Å². The summed E-state index contributed by atoms with van der Waals surface area (Å²) < 4.78 is 24.5. The number of hydrogen-bond acceptors (Lipinski definition) is 7. The van der Waals surface area contributed by atoms with Gasteiger partial charge in [0.1, 0.15) is 15.9 Å². The molecule has 0 aromatic heterocycles. The third kappa shape index (κ3) is 12.7. The summed E-state index contributed by atoms with van der Waals surface area (Å²) in [5, 5.41) is 11.3. The summed E-state index contributed by atoms with van der Waals surface area (Å²) in [7, 11) is -3.34. The van der Waals surface area contributed by atoms with Crippen LogP contribution < -0.4 is 21.3 Å². The number of Topliss-reactive ketones (excluding diaryl/α,β-unsaturated/α-hetero) is 1. The number of sulfone groups is 1. The molecule has 2 saturated carbocycles. The molecule has 278 valence electrons. The smallest absolute Gasteiger partial charge is 0.315 e. The van der Waals surface area contributed by atoms with E-state index >= 15 is 0 Å². The minimum absolute atomic E-state index is 0.110.